The summed E-state index contributed by atoms with van der Waals surface area (Å²) < 4.78 is 78.4. The first kappa shape index (κ1) is 38.5. The number of alkyl halides is 4. The van der Waals surface area contributed by atoms with E-state index < -0.39 is 92.2 Å². The van der Waals surface area contributed by atoms with Gasteiger partial charge in [-0.3, -0.25) is 28.3 Å². The number of halogens is 4. The van der Waals surface area contributed by atoms with E-state index in [0.29, 0.717) is 24.3 Å². The fourth-order valence-electron chi connectivity index (χ4n) is 3.98. The second kappa shape index (κ2) is 14.8. The zero-order chi connectivity index (χ0) is 35.3. The molecular formula is C26H31F4N3O11P2. The van der Waals surface area contributed by atoms with Gasteiger partial charge in [-0.05, 0) is 17.5 Å². The maximum absolute atomic E-state index is 14.1. The molecule has 0 aliphatic heterocycles. The summed E-state index contributed by atoms with van der Waals surface area (Å²) in [5.74, 6) is -5.04. The minimum atomic E-state index is -5.88. The smallest absolute Gasteiger partial charge is 0.399 e. The Morgan fingerprint density at radius 1 is 0.739 bits per heavy atom. The normalized spacial score (nSPS) is 14.5. The number of carbonyl (C=O) groups excluding carboxylic acids is 3. The van der Waals surface area contributed by atoms with Crippen LogP contribution in [-0.2, 0) is 52.5 Å². The Bertz CT molecular complexity index is 1530. The Morgan fingerprint density at radius 3 is 1.46 bits per heavy atom. The number of carbonyl (C=O) groups is 4. The third-order valence-electron chi connectivity index (χ3n) is 6.75. The van der Waals surface area contributed by atoms with E-state index in [0.717, 1.165) is 24.3 Å². The predicted molar refractivity (Wildman–Crippen MR) is 151 cm³/mol. The number of primary amides is 1. The van der Waals surface area contributed by atoms with Crippen LogP contribution in [0.2, 0.25) is 0 Å². The Kier molecular flexibility index (Phi) is 12.4. The zero-order valence-electron chi connectivity index (χ0n) is 23.8. The number of benzene rings is 2. The van der Waals surface area contributed by atoms with E-state index in [1.54, 1.807) is 0 Å². The lowest BCUT2D eigenvalue weighted by atomic mass is 9.99. The fourth-order valence-corrected chi connectivity index (χ4v) is 4.95. The van der Waals surface area contributed by atoms with Gasteiger partial charge in [-0.2, -0.15) is 17.6 Å². The summed E-state index contributed by atoms with van der Waals surface area (Å²) in [6.07, 6.45) is -1.32. The molecule has 0 aliphatic carbocycles. The van der Waals surface area contributed by atoms with Crippen molar-refractivity contribution in [3.63, 3.8) is 0 Å². The highest BCUT2D eigenvalue weighted by molar-refractivity contribution is 7.52. The number of rotatable bonds is 16. The first-order valence-electron chi connectivity index (χ1n) is 13.1. The van der Waals surface area contributed by atoms with Crippen LogP contribution >= 0.6 is 15.2 Å². The number of amides is 3. The number of hydrogen-bond donors (Lipinski definition) is 8. The quantitative estimate of drug-likeness (QED) is 0.0927. The van der Waals surface area contributed by atoms with E-state index in [9.17, 15) is 45.9 Å². The first-order chi connectivity index (χ1) is 21.0. The van der Waals surface area contributed by atoms with Crippen LogP contribution in [0.4, 0.5) is 17.6 Å². The van der Waals surface area contributed by atoms with E-state index in [2.05, 4.69) is 10.6 Å². The summed E-state index contributed by atoms with van der Waals surface area (Å²) in [7, 11) is -11.7. The number of carboxylic acids is 1. The molecule has 3 amide bonds. The molecule has 9 N–H and O–H groups in total. The van der Waals surface area contributed by atoms with Crippen LogP contribution in [-0.4, -0.2) is 60.5 Å². The number of hydrogen-bond acceptors (Lipinski definition) is 6. The molecule has 2 aromatic carbocycles. The Hall–Kier alpha value is -3.66. The van der Waals surface area contributed by atoms with E-state index in [1.165, 1.54) is 6.92 Å². The molecule has 0 saturated carbocycles. The molecule has 254 valence electrons. The third-order valence-corrected chi connectivity index (χ3v) is 8.73. The molecule has 2 aromatic rings. The van der Waals surface area contributed by atoms with Crippen molar-refractivity contribution in [3.05, 3.63) is 70.8 Å². The Balaban J connectivity index is 2.32. The van der Waals surface area contributed by atoms with Gasteiger partial charge >= 0.3 is 32.5 Å². The second-order valence-electron chi connectivity index (χ2n) is 10.3. The molecule has 0 aromatic heterocycles. The third kappa shape index (κ3) is 9.92. The van der Waals surface area contributed by atoms with Gasteiger partial charge in [0.25, 0.3) is 0 Å². The SMILES string of the molecule is CC(CCC(=O)O)C(=O)NC(Cc1ccc(C(F)(F)P(=O)(O)O)cc1)C(=O)NC(Cc1ccc(C(F)(F)P(=O)(O)O)cc1)C(N)=O. The molecule has 0 bridgehead atoms. The molecule has 0 saturated heterocycles. The highest BCUT2D eigenvalue weighted by atomic mass is 31.2. The van der Waals surface area contributed by atoms with Crippen molar-refractivity contribution in [1.82, 2.24) is 10.6 Å². The van der Waals surface area contributed by atoms with Gasteiger partial charge in [-0.15, -0.1) is 0 Å². The lowest BCUT2D eigenvalue weighted by Gasteiger charge is -2.24. The largest absolute Gasteiger partial charge is 0.481 e. The van der Waals surface area contributed by atoms with Crippen LogP contribution in [0.15, 0.2) is 48.5 Å². The van der Waals surface area contributed by atoms with Crippen LogP contribution in [0.5, 0.6) is 0 Å². The molecule has 0 fully saturated rings. The van der Waals surface area contributed by atoms with E-state index >= 15 is 0 Å². The lowest BCUT2D eigenvalue weighted by molar-refractivity contribution is -0.138. The van der Waals surface area contributed by atoms with Gasteiger partial charge in [0.1, 0.15) is 12.1 Å². The van der Waals surface area contributed by atoms with Crippen molar-refractivity contribution < 1.29 is 70.6 Å². The topological polar surface area (TPSA) is 254 Å². The van der Waals surface area contributed by atoms with Gasteiger partial charge in [-0.1, -0.05) is 55.5 Å². The van der Waals surface area contributed by atoms with Crippen LogP contribution < -0.4 is 16.4 Å². The van der Waals surface area contributed by atoms with Crippen molar-refractivity contribution >= 4 is 38.9 Å². The minimum Gasteiger partial charge on any atom is -0.481 e. The lowest BCUT2D eigenvalue weighted by Crippen LogP contribution is -2.55. The van der Waals surface area contributed by atoms with Gasteiger partial charge in [-0.25, -0.2) is 0 Å². The number of nitrogens with two attached hydrogens (primary N) is 1. The maximum atomic E-state index is 14.1. The Labute approximate surface area is 258 Å². The molecular weight excluding hydrogens is 668 g/mol. The summed E-state index contributed by atoms with van der Waals surface area (Å²) in [5, 5.41) is 13.6. The van der Waals surface area contributed by atoms with E-state index in [-0.39, 0.29) is 24.0 Å². The van der Waals surface area contributed by atoms with E-state index in [4.69, 9.17) is 30.4 Å². The van der Waals surface area contributed by atoms with Gasteiger partial charge in [0.15, 0.2) is 0 Å². The van der Waals surface area contributed by atoms with Gasteiger partial charge in [0, 0.05) is 36.3 Å². The van der Waals surface area contributed by atoms with Crippen LogP contribution in [0, 0.1) is 5.92 Å². The van der Waals surface area contributed by atoms with Gasteiger partial charge in [0.2, 0.25) is 17.7 Å². The molecule has 20 heteroatoms. The molecule has 0 aliphatic rings. The molecule has 0 heterocycles. The minimum absolute atomic E-state index is 0.112. The summed E-state index contributed by atoms with van der Waals surface area (Å²) in [6, 6.07) is 3.82. The standard InChI is InChI=1S/C26H31F4N3O11P2/c1-14(2-11-21(34)35)23(37)33-20(13-16-5-9-18(10-6-16)26(29,30)46(42,43)44)24(38)32-19(22(31)36)12-15-3-7-17(8-4-15)25(27,28)45(39,40)41/h3-10,14,19-20H,2,11-13H2,1H3,(H2,31,36)(H,32,38)(H,33,37)(H,34,35)(H2,39,40,41)(H2,42,43,44). The van der Waals surface area contributed by atoms with Crippen molar-refractivity contribution in [1.29, 1.82) is 0 Å². The van der Waals surface area contributed by atoms with Crippen molar-refractivity contribution in [2.45, 2.75) is 56.0 Å². The average molecular weight is 699 g/mol. The molecule has 0 spiro atoms. The maximum Gasteiger partial charge on any atom is 0.399 e. The molecule has 3 atom stereocenters. The summed E-state index contributed by atoms with van der Waals surface area (Å²) in [5.41, 5.74) is -5.44. The molecule has 0 radical (unpaired) electrons. The second-order valence-corrected chi connectivity index (χ2v) is 13.6. The summed E-state index contributed by atoms with van der Waals surface area (Å²) in [4.78, 5) is 84.9. The summed E-state index contributed by atoms with van der Waals surface area (Å²) in [6.45, 7) is 1.37. The van der Waals surface area contributed by atoms with Crippen LogP contribution in [0.3, 0.4) is 0 Å². The van der Waals surface area contributed by atoms with Crippen molar-refractivity contribution in [2.24, 2.45) is 11.7 Å². The molecule has 14 nitrogen and oxygen atoms in total. The van der Waals surface area contributed by atoms with E-state index in [1.807, 2.05) is 0 Å². The average Bonchev–Trinajstić information content (AvgIpc) is 2.94. The molecule has 3 unspecified atom stereocenters. The van der Waals surface area contributed by atoms with Crippen LogP contribution in [0.25, 0.3) is 0 Å². The zero-order valence-corrected chi connectivity index (χ0v) is 25.6. The highest BCUT2D eigenvalue weighted by Crippen LogP contribution is 2.60. The molecule has 46 heavy (non-hydrogen) atoms. The monoisotopic (exact) mass is 699 g/mol. The Morgan fingerprint density at radius 2 is 1.11 bits per heavy atom. The van der Waals surface area contributed by atoms with Gasteiger partial charge < -0.3 is 41.0 Å². The number of carboxylic acid groups (broad SMARTS) is 1. The van der Waals surface area contributed by atoms with Crippen molar-refractivity contribution in [3.8, 4) is 0 Å². The molecule has 2 rings (SSSR count). The van der Waals surface area contributed by atoms with Crippen LogP contribution in [0.1, 0.15) is 42.0 Å². The van der Waals surface area contributed by atoms with Crippen molar-refractivity contribution in [2.75, 3.05) is 0 Å². The fraction of sp³-hybridized carbons (Fsp3) is 0.385. The first-order valence-corrected chi connectivity index (χ1v) is 16.4. The number of nitrogens with one attached hydrogen (secondary N) is 2. The highest BCUT2D eigenvalue weighted by Gasteiger charge is 2.51. The predicted octanol–water partition coefficient (Wildman–Crippen LogP) is 1.88. The summed E-state index contributed by atoms with van der Waals surface area (Å²) >= 11 is 0. The number of aliphatic carboxylic acids is 1. The van der Waals surface area contributed by atoms with Gasteiger partial charge in [0.05, 0.1) is 0 Å².